The van der Waals surface area contributed by atoms with Crippen LogP contribution in [-0.2, 0) is 19.1 Å². The minimum absolute atomic E-state index is 0.0271. The Morgan fingerprint density at radius 1 is 1.16 bits per heavy atom. The number of carbonyl (C=O) groups excluding carboxylic acids is 3. The summed E-state index contributed by atoms with van der Waals surface area (Å²) in [5, 5.41) is 1.19. The fourth-order valence-corrected chi connectivity index (χ4v) is 3.28. The van der Waals surface area contributed by atoms with Crippen LogP contribution in [0.3, 0.4) is 0 Å². The quantitative estimate of drug-likeness (QED) is 0.365. The molecule has 1 fully saturated rings. The van der Waals surface area contributed by atoms with E-state index in [1.807, 2.05) is 6.07 Å². The Hall–Kier alpha value is -3.33. The van der Waals surface area contributed by atoms with Gasteiger partial charge < -0.3 is 14.2 Å². The average molecular weight is 489 g/mol. The number of halogens is 1. The highest BCUT2D eigenvalue weighted by Crippen LogP contribution is 2.35. The number of rotatable bonds is 7. The summed E-state index contributed by atoms with van der Waals surface area (Å²) in [7, 11) is 1.45. The van der Waals surface area contributed by atoms with Crippen LogP contribution in [-0.4, -0.2) is 37.6 Å². The van der Waals surface area contributed by atoms with Crippen LogP contribution < -0.4 is 19.9 Å². The maximum Gasteiger partial charge on any atom is 0.344 e. The van der Waals surface area contributed by atoms with Crippen LogP contribution in [0.15, 0.2) is 52.5 Å². The van der Waals surface area contributed by atoms with Crippen molar-refractivity contribution in [2.75, 3.05) is 18.7 Å². The van der Waals surface area contributed by atoms with E-state index in [2.05, 4.69) is 21.4 Å². The van der Waals surface area contributed by atoms with Crippen molar-refractivity contribution in [3.63, 3.8) is 0 Å². The molecule has 0 spiro atoms. The minimum atomic E-state index is -0.517. The number of benzene rings is 2. The number of esters is 1. The molecule has 162 valence electrons. The molecule has 3 rings (SSSR count). The number of hydrogen-bond donors (Lipinski definition) is 1. The number of anilines is 1. The molecule has 2 amide bonds. The van der Waals surface area contributed by atoms with Gasteiger partial charge in [0.2, 0.25) is 0 Å². The lowest BCUT2D eigenvalue weighted by molar-refractivity contribution is -0.149. The topological polar surface area (TPSA) is 94.2 Å². The zero-order valence-corrected chi connectivity index (χ0v) is 18.8. The lowest BCUT2D eigenvalue weighted by atomic mass is 10.1. The highest BCUT2D eigenvalue weighted by atomic mass is 79.9. The first-order chi connectivity index (χ1) is 14.8. The highest BCUT2D eigenvalue weighted by molar-refractivity contribution is 9.10. The van der Waals surface area contributed by atoms with Crippen LogP contribution in [0.4, 0.5) is 5.69 Å². The zero-order valence-electron chi connectivity index (χ0n) is 17.2. The molecule has 8 nitrogen and oxygen atoms in total. The Morgan fingerprint density at radius 2 is 1.87 bits per heavy atom. The fourth-order valence-electron chi connectivity index (χ4n) is 2.84. The van der Waals surface area contributed by atoms with Gasteiger partial charge in [-0.25, -0.2) is 9.80 Å². The molecule has 9 heteroatoms. The summed E-state index contributed by atoms with van der Waals surface area (Å²) in [6.07, 6.45) is 1.22. The summed E-state index contributed by atoms with van der Waals surface area (Å²) in [6.45, 7) is 3.21. The van der Waals surface area contributed by atoms with Crippen molar-refractivity contribution in [1.82, 2.24) is 5.43 Å². The molecule has 1 N–H and O–H groups in total. The Labute approximate surface area is 187 Å². The predicted octanol–water partition coefficient (Wildman–Crippen LogP) is 3.25. The van der Waals surface area contributed by atoms with Crippen molar-refractivity contribution in [2.45, 2.75) is 20.0 Å². The summed E-state index contributed by atoms with van der Waals surface area (Å²) >= 11 is 3.41. The molecule has 0 aliphatic carbocycles. The van der Waals surface area contributed by atoms with Crippen LogP contribution in [0.2, 0.25) is 0 Å². The second-order valence-corrected chi connectivity index (χ2v) is 7.68. The standard InChI is InChI=1S/C22H21BrN2O6/c1-13(2)31-20(26)12-30-19-11-17(23)14(10-18(19)29-3)9-16-21(27)24-25(22(16)28)15-7-5-4-6-8-15/h4-11,13H,12H2,1-3H3,(H,24,27). The third-order valence-electron chi connectivity index (χ3n) is 4.20. The number of nitrogens with one attached hydrogen (secondary N) is 1. The van der Waals surface area contributed by atoms with Gasteiger partial charge in [0.25, 0.3) is 11.8 Å². The number of carbonyl (C=O) groups is 3. The van der Waals surface area contributed by atoms with Crippen molar-refractivity contribution in [3.8, 4) is 11.5 Å². The molecule has 1 saturated heterocycles. The molecule has 0 saturated carbocycles. The largest absolute Gasteiger partial charge is 0.493 e. The normalized spacial score (nSPS) is 14.7. The molecule has 2 aromatic rings. The molecule has 2 aromatic carbocycles. The lowest BCUT2D eigenvalue weighted by Gasteiger charge is -2.14. The summed E-state index contributed by atoms with van der Waals surface area (Å²) < 4.78 is 16.4. The van der Waals surface area contributed by atoms with E-state index in [-0.39, 0.29) is 18.3 Å². The molecule has 31 heavy (non-hydrogen) atoms. The maximum absolute atomic E-state index is 12.8. The smallest absolute Gasteiger partial charge is 0.344 e. The van der Waals surface area contributed by atoms with E-state index in [9.17, 15) is 14.4 Å². The van der Waals surface area contributed by atoms with Crippen molar-refractivity contribution >= 4 is 45.5 Å². The van der Waals surface area contributed by atoms with Crippen LogP contribution in [0.1, 0.15) is 19.4 Å². The van der Waals surface area contributed by atoms with Gasteiger partial charge in [0.05, 0.1) is 18.9 Å². The first kappa shape index (κ1) is 22.4. The van der Waals surface area contributed by atoms with Gasteiger partial charge in [0.1, 0.15) is 5.57 Å². The van der Waals surface area contributed by atoms with Gasteiger partial charge in [-0.1, -0.05) is 34.1 Å². The fraction of sp³-hybridized carbons (Fsp3) is 0.227. The zero-order chi connectivity index (χ0) is 22.5. The van der Waals surface area contributed by atoms with Crippen LogP contribution in [0.5, 0.6) is 11.5 Å². The summed E-state index contributed by atoms with van der Waals surface area (Å²) in [4.78, 5) is 36.9. The predicted molar refractivity (Wildman–Crippen MR) is 117 cm³/mol. The van der Waals surface area contributed by atoms with Gasteiger partial charge in [-0.3, -0.25) is 15.0 Å². The summed E-state index contributed by atoms with van der Waals surface area (Å²) in [5.41, 5.74) is 3.61. The Bertz CT molecular complexity index is 1040. The number of nitrogens with zero attached hydrogens (tertiary/aromatic N) is 1. The molecule has 0 atom stereocenters. The van der Waals surface area contributed by atoms with Crippen molar-refractivity contribution in [2.24, 2.45) is 0 Å². The van der Waals surface area contributed by atoms with Gasteiger partial charge in [-0.2, -0.15) is 0 Å². The summed E-state index contributed by atoms with van der Waals surface area (Å²) in [5.74, 6) is -0.854. The van der Waals surface area contributed by atoms with Crippen molar-refractivity contribution in [3.05, 3.63) is 58.1 Å². The van der Waals surface area contributed by atoms with E-state index < -0.39 is 17.8 Å². The second kappa shape index (κ2) is 9.65. The van der Waals surface area contributed by atoms with E-state index in [1.165, 1.54) is 18.2 Å². The Kier molecular flexibility index (Phi) is 6.96. The molecule has 1 heterocycles. The Balaban J connectivity index is 1.84. The molecule has 0 unspecified atom stereocenters. The monoisotopic (exact) mass is 488 g/mol. The molecule has 0 bridgehead atoms. The van der Waals surface area contributed by atoms with Gasteiger partial charge >= 0.3 is 5.97 Å². The number of hydrogen-bond acceptors (Lipinski definition) is 6. The van der Waals surface area contributed by atoms with Gasteiger partial charge in [0.15, 0.2) is 18.1 Å². The first-order valence-electron chi connectivity index (χ1n) is 9.42. The average Bonchev–Trinajstić information content (AvgIpc) is 3.02. The molecule has 1 aliphatic rings. The van der Waals surface area contributed by atoms with Gasteiger partial charge in [-0.15, -0.1) is 0 Å². The molecule has 1 aliphatic heterocycles. The second-order valence-electron chi connectivity index (χ2n) is 6.83. The van der Waals surface area contributed by atoms with E-state index in [0.717, 1.165) is 0 Å². The van der Waals surface area contributed by atoms with Crippen LogP contribution in [0.25, 0.3) is 6.08 Å². The van der Waals surface area contributed by atoms with Gasteiger partial charge in [-0.05, 0) is 49.8 Å². The summed E-state index contributed by atoms with van der Waals surface area (Å²) in [6, 6.07) is 12.0. The Morgan fingerprint density at radius 3 is 2.52 bits per heavy atom. The molecule has 0 radical (unpaired) electrons. The van der Waals surface area contributed by atoms with E-state index >= 15 is 0 Å². The van der Waals surface area contributed by atoms with Crippen LogP contribution >= 0.6 is 15.9 Å². The number of methoxy groups -OCH3 is 1. The molecular formula is C22H21BrN2O6. The van der Waals surface area contributed by atoms with Crippen LogP contribution in [0, 0.1) is 0 Å². The van der Waals surface area contributed by atoms with Crippen molar-refractivity contribution in [1.29, 1.82) is 0 Å². The van der Waals surface area contributed by atoms with E-state index in [4.69, 9.17) is 14.2 Å². The lowest BCUT2D eigenvalue weighted by Crippen LogP contribution is -2.35. The highest BCUT2D eigenvalue weighted by Gasteiger charge is 2.34. The van der Waals surface area contributed by atoms with E-state index in [0.29, 0.717) is 27.2 Å². The SMILES string of the molecule is COc1cc(C=C2C(=O)NN(c3ccccc3)C2=O)c(Br)cc1OCC(=O)OC(C)C. The maximum atomic E-state index is 12.8. The number of ether oxygens (including phenoxy) is 3. The molecule has 0 aromatic heterocycles. The van der Waals surface area contributed by atoms with Crippen molar-refractivity contribution < 1.29 is 28.6 Å². The minimum Gasteiger partial charge on any atom is -0.493 e. The third-order valence-corrected chi connectivity index (χ3v) is 4.89. The number of para-hydroxylation sites is 1. The number of hydrazine groups is 1. The third kappa shape index (κ3) is 5.24. The first-order valence-corrected chi connectivity index (χ1v) is 10.2. The molecular weight excluding hydrogens is 468 g/mol. The van der Waals surface area contributed by atoms with E-state index in [1.54, 1.807) is 50.2 Å². The number of amides is 2. The van der Waals surface area contributed by atoms with Gasteiger partial charge in [0, 0.05) is 4.47 Å².